The fourth-order valence-corrected chi connectivity index (χ4v) is 3.96. The maximum atomic E-state index is 9.81. The highest BCUT2D eigenvalue weighted by Gasteiger charge is 2.01. The van der Waals surface area contributed by atoms with Crippen LogP contribution in [0.5, 0.6) is 0 Å². The predicted molar refractivity (Wildman–Crippen MR) is 127 cm³/mol. The van der Waals surface area contributed by atoms with Crippen LogP contribution in [0.3, 0.4) is 0 Å². The van der Waals surface area contributed by atoms with E-state index in [0.717, 1.165) is 19.4 Å². The molecule has 2 heteroatoms. The summed E-state index contributed by atoms with van der Waals surface area (Å²) in [6.45, 7) is 5.44. The van der Waals surface area contributed by atoms with E-state index in [9.17, 15) is 5.11 Å². The first kappa shape index (κ1) is 27.9. The van der Waals surface area contributed by atoms with Gasteiger partial charge in [0.15, 0.2) is 0 Å². The monoisotopic (exact) mass is 397 g/mol. The zero-order valence-electron chi connectivity index (χ0n) is 19.8. The van der Waals surface area contributed by atoms with Gasteiger partial charge in [-0.1, -0.05) is 136 Å². The van der Waals surface area contributed by atoms with E-state index in [0.29, 0.717) is 0 Å². The maximum absolute atomic E-state index is 9.81. The van der Waals surface area contributed by atoms with Crippen molar-refractivity contribution in [2.75, 3.05) is 6.54 Å². The number of aliphatic hydroxyl groups excluding tert-OH is 1. The Labute approximate surface area is 178 Å². The van der Waals surface area contributed by atoms with E-state index in [1.165, 1.54) is 128 Å². The van der Waals surface area contributed by atoms with Crippen LogP contribution in [0.2, 0.25) is 0 Å². The summed E-state index contributed by atoms with van der Waals surface area (Å²) in [5.41, 5.74) is 0. The van der Waals surface area contributed by atoms with Gasteiger partial charge in [0.05, 0.1) is 0 Å². The molecular formula is C26H55NO. The highest BCUT2D eigenvalue weighted by Crippen LogP contribution is 2.14. The summed E-state index contributed by atoms with van der Waals surface area (Å²) in [7, 11) is 0. The third-order valence-electron chi connectivity index (χ3n) is 5.99. The van der Waals surface area contributed by atoms with Gasteiger partial charge < -0.3 is 5.11 Å². The highest BCUT2D eigenvalue weighted by atomic mass is 16.3. The van der Waals surface area contributed by atoms with Crippen LogP contribution in [0.15, 0.2) is 0 Å². The van der Waals surface area contributed by atoms with E-state index >= 15 is 0 Å². The van der Waals surface area contributed by atoms with E-state index in [1.807, 2.05) is 0 Å². The fraction of sp³-hybridized carbons (Fsp3) is 1.00. The van der Waals surface area contributed by atoms with Crippen molar-refractivity contribution in [1.29, 1.82) is 0 Å². The molecule has 1 unspecified atom stereocenters. The average Bonchev–Trinajstić information content (AvgIpc) is 2.70. The van der Waals surface area contributed by atoms with Gasteiger partial charge in [-0.2, -0.15) is 0 Å². The second-order valence-corrected chi connectivity index (χ2v) is 8.98. The molecule has 0 amide bonds. The molecule has 0 aromatic rings. The zero-order valence-corrected chi connectivity index (χ0v) is 19.8. The quantitative estimate of drug-likeness (QED) is 0.126. The van der Waals surface area contributed by atoms with Gasteiger partial charge in [0.1, 0.15) is 6.23 Å². The summed E-state index contributed by atoms with van der Waals surface area (Å²) in [6.07, 6.45) is 29.9. The van der Waals surface area contributed by atoms with Crippen LogP contribution in [-0.4, -0.2) is 17.9 Å². The third kappa shape index (κ3) is 24.0. The minimum absolute atomic E-state index is 0.280. The molecule has 0 aliphatic heterocycles. The number of hydrogen-bond donors (Lipinski definition) is 2. The second kappa shape index (κ2) is 25.0. The Morgan fingerprint density at radius 2 is 0.786 bits per heavy atom. The first-order valence-electron chi connectivity index (χ1n) is 13.2. The molecular weight excluding hydrogens is 342 g/mol. The van der Waals surface area contributed by atoms with Crippen LogP contribution >= 0.6 is 0 Å². The smallest absolute Gasteiger partial charge is 0.104 e. The lowest BCUT2D eigenvalue weighted by Crippen LogP contribution is -2.29. The van der Waals surface area contributed by atoms with Crippen molar-refractivity contribution in [3.05, 3.63) is 0 Å². The lowest BCUT2D eigenvalue weighted by Gasteiger charge is -2.12. The number of unbranched alkanes of at least 4 members (excludes halogenated alkanes) is 19. The molecule has 1 atom stereocenters. The van der Waals surface area contributed by atoms with E-state index in [1.54, 1.807) is 0 Å². The van der Waals surface area contributed by atoms with Crippen molar-refractivity contribution < 1.29 is 5.11 Å². The Morgan fingerprint density at radius 3 is 1.14 bits per heavy atom. The first-order valence-corrected chi connectivity index (χ1v) is 13.2. The second-order valence-electron chi connectivity index (χ2n) is 8.98. The Hall–Kier alpha value is -0.0800. The van der Waals surface area contributed by atoms with Crippen LogP contribution < -0.4 is 5.32 Å². The van der Waals surface area contributed by atoms with Crippen molar-refractivity contribution in [2.24, 2.45) is 0 Å². The zero-order chi connectivity index (χ0) is 20.5. The molecule has 0 spiro atoms. The summed E-state index contributed by atoms with van der Waals surface area (Å²) in [5.74, 6) is 0. The standard InChI is InChI=1S/C26H55NO/c1-3-5-7-8-9-10-11-12-13-14-15-16-17-18-19-20-21-22-23-24-26(28)27-25-6-4-2/h26-28H,3-25H2,1-2H3. The van der Waals surface area contributed by atoms with E-state index < -0.39 is 0 Å². The molecule has 0 saturated heterocycles. The maximum Gasteiger partial charge on any atom is 0.104 e. The molecule has 0 rings (SSSR count). The third-order valence-corrected chi connectivity index (χ3v) is 5.99. The van der Waals surface area contributed by atoms with Crippen molar-refractivity contribution in [2.45, 2.75) is 161 Å². The Morgan fingerprint density at radius 1 is 0.464 bits per heavy atom. The number of hydrogen-bond acceptors (Lipinski definition) is 2. The molecule has 0 aliphatic carbocycles. The van der Waals surface area contributed by atoms with Gasteiger partial charge in [-0.25, -0.2) is 0 Å². The molecule has 0 radical (unpaired) electrons. The molecule has 28 heavy (non-hydrogen) atoms. The largest absolute Gasteiger partial charge is 0.379 e. The lowest BCUT2D eigenvalue weighted by molar-refractivity contribution is 0.124. The molecule has 0 bridgehead atoms. The van der Waals surface area contributed by atoms with Crippen molar-refractivity contribution in [3.63, 3.8) is 0 Å². The van der Waals surface area contributed by atoms with Gasteiger partial charge in [-0.3, -0.25) is 5.32 Å². The van der Waals surface area contributed by atoms with Gasteiger partial charge in [0.2, 0.25) is 0 Å². The first-order chi connectivity index (χ1) is 13.8. The van der Waals surface area contributed by atoms with E-state index in [2.05, 4.69) is 19.2 Å². The normalized spacial score (nSPS) is 12.5. The molecule has 0 saturated carbocycles. The fourth-order valence-electron chi connectivity index (χ4n) is 3.96. The summed E-state index contributed by atoms with van der Waals surface area (Å²) in [4.78, 5) is 0. The molecule has 2 N–H and O–H groups in total. The SMILES string of the molecule is CCCCCCCCCCCCCCCCCCCCCC(O)NCCCC. The van der Waals surface area contributed by atoms with Crippen molar-refractivity contribution >= 4 is 0 Å². The summed E-state index contributed by atoms with van der Waals surface area (Å²) >= 11 is 0. The van der Waals surface area contributed by atoms with Gasteiger partial charge in [-0.15, -0.1) is 0 Å². The number of aliphatic hydroxyl groups is 1. The Bertz CT molecular complexity index is 269. The molecule has 0 fully saturated rings. The molecule has 0 heterocycles. The Kier molecular flexibility index (Phi) is 24.9. The van der Waals surface area contributed by atoms with Crippen LogP contribution in [0.25, 0.3) is 0 Å². The summed E-state index contributed by atoms with van der Waals surface area (Å²) in [5, 5.41) is 13.0. The van der Waals surface area contributed by atoms with E-state index in [-0.39, 0.29) is 6.23 Å². The Balaban J connectivity index is 3.05. The van der Waals surface area contributed by atoms with E-state index in [4.69, 9.17) is 0 Å². The van der Waals surface area contributed by atoms with Gasteiger partial charge in [0.25, 0.3) is 0 Å². The van der Waals surface area contributed by atoms with Crippen molar-refractivity contribution in [1.82, 2.24) is 5.32 Å². The molecule has 2 nitrogen and oxygen atoms in total. The van der Waals surface area contributed by atoms with Crippen LogP contribution in [0.4, 0.5) is 0 Å². The predicted octanol–water partition coefficient (Wildman–Crippen LogP) is 8.52. The van der Waals surface area contributed by atoms with Crippen molar-refractivity contribution in [3.8, 4) is 0 Å². The molecule has 0 aromatic carbocycles. The highest BCUT2D eigenvalue weighted by molar-refractivity contribution is 4.55. The summed E-state index contributed by atoms with van der Waals surface area (Å²) < 4.78 is 0. The summed E-state index contributed by atoms with van der Waals surface area (Å²) in [6, 6.07) is 0. The van der Waals surface area contributed by atoms with Gasteiger partial charge in [0, 0.05) is 0 Å². The van der Waals surface area contributed by atoms with Crippen LogP contribution in [0, 0.1) is 0 Å². The average molecular weight is 398 g/mol. The minimum Gasteiger partial charge on any atom is -0.379 e. The molecule has 0 aromatic heterocycles. The molecule has 0 aliphatic rings. The van der Waals surface area contributed by atoms with Gasteiger partial charge >= 0.3 is 0 Å². The lowest BCUT2D eigenvalue weighted by atomic mass is 10.0. The molecule has 170 valence electrons. The van der Waals surface area contributed by atoms with Crippen LogP contribution in [-0.2, 0) is 0 Å². The topological polar surface area (TPSA) is 32.3 Å². The number of nitrogens with one attached hydrogen (secondary N) is 1. The number of rotatable bonds is 24. The van der Waals surface area contributed by atoms with Gasteiger partial charge in [-0.05, 0) is 25.8 Å². The van der Waals surface area contributed by atoms with Crippen LogP contribution in [0.1, 0.15) is 155 Å². The minimum atomic E-state index is -0.280.